The van der Waals surface area contributed by atoms with Gasteiger partial charge in [0.25, 0.3) is 5.91 Å². The van der Waals surface area contributed by atoms with Gasteiger partial charge in [0.15, 0.2) is 5.82 Å². The van der Waals surface area contributed by atoms with E-state index in [0.717, 1.165) is 67.1 Å². The van der Waals surface area contributed by atoms with Crippen molar-refractivity contribution in [1.82, 2.24) is 20.1 Å². The van der Waals surface area contributed by atoms with Crippen molar-refractivity contribution in [2.75, 3.05) is 18.1 Å². The summed E-state index contributed by atoms with van der Waals surface area (Å²) in [6, 6.07) is 13.3. The van der Waals surface area contributed by atoms with Crippen LogP contribution in [0.4, 0.5) is 5.69 Å². The molecule has 3 fully saturated rings. The van der Waals surface area contributed by atoms with E-state index in [1.165, 1.54) is 0 Å². The van der Waals surface area contributed by atoms with Crippen LogP contribution in [0.15, 0.2) is 59.4 Å². The number of hydrogen-bond donors (Lipinski definition) is 0. The van der Waals surface area contributed by atoms with Gasteiger partial charge in [-0.3, -0.25) is 4.79 Å². The number of benzene rings is 2. The van der Waals surface area contributed by atoms with Crippen LogP contribution in [-0.2, 0) is 10.8 Å². The van der Waals surface area contributed by atoms with Gasteiger partial charge in [0.1, 0.15) is 0 Å². The van der Waals surface area contributed by atoms with Crippen molar-refractivity contribution in [1.29, 1.82) is 0 Å². The van der Waals surface area contributed by atoms with E-state index in [1.807, 2.05) is 36.1 Å². The molecule has 0 atom stereocenters. The zero-order valence-corrected chi connectivity index (χ0v) is 27.1. The molecule has 2 bridgehead atoms. The molecule has 2 aromatic carbocycles. The zero-order chi connectivity index (χ0) is 31.1. The summed E-state index contributed by atoms with van der Waals surface area (Å²) in [6.07, 6.45) is 9.23. The molecule has 3 aliphatic carbocycles. The van der Waals surface area contributed by atoms with Crippen molar-refractivity contribution >= 4 is 34.8 Å². The summed E-state index contributed by atoms with van der Waals surface area (Å²) >= 11 is 12.7. The van der Waals surface area contributed by atoms with Crippen LogP contribution in [0.1, 0.15) is 88.3 Å². The third-order valence-corrected chi connectivity index (χ3v) is 9.63. The van der Waals surface area contributed by atoms with Crippen molar-refractivity contribution in [2.45, 2.75) is 77.0 Å². The number of hydrogen-bond acceptors (Lipinski definition) is 7. The van der Waals surface area contributed by atoms with Gasteiger partial charge in [-0.15, -0.1) is 0 Å². The highest BCUT2D eigenvalue weighted by molar-refractivity contribution is 6.35. The van der Waals surface area contributed by atoms with Gasteiger partial charge in [0.2, 0.25) is 5.89 Å². The monoisotopic (exact) mass is 633 g/mol. The van der Waals surface area contributed by atoms with Gasteiger partial charge in [-0.1, -0.05) is 61.3 Å². The molecule has 10 heteroatoms. The summed E-state index contributed by atoms with van der Waals surface area (Å²) < 4.78 is 11.3. The third kappa shape index (κ3) is 6.07. The van der Waals surface area contributed by atoms with Crippen LogP contribution in [0, 0.1) is 5.41 Å². The number of halogens is 2. The van der Waals surface area contributed by atoms with E-state index in [-0.39, 0.29) is 22.2 Å². The lowest BCUT2D eigenvalue weighted by Gasteiger charge is -2.53. The molecule has 2 heterocycles. The molecule has 7 rings (SSSR count). The average Bonchev–Trinajstić information content (AvgIpc) is 3.53. The fourth-order valence-electron chi connectivity index (χ4n) is 6.54. The first-order valence-electron chi connectivity index (χ1n) is 15.2. The second-order valence-corrected chi connectivity index (χ2v) is 14.1. The van der Waals surface area contributed by atoms with Crippen LogP contribution < -0.4 is 9.64 Å². The molecular weight excluding hydrogens is 597 g/mol. The predicted octanol–water partition coefficient (Wildman–Crippen LogP) is 8.47. The highest BCUT2D eigenvalue weighted by atomic mass is 35.5. The van der Waals surface area contributed by atoms with Crippen LogP contribution >= 0.6 is 23.2 Å². The lowest BCUT2D eigenvalue weighted by molar-refractivity contribution is 0.0274. The van der Waals surface area contributed by atoms with Crippen molar-refractivity contribution in [3.8, 4) is 17.1 Å². The van der Waals surface area contributed by atoms with E-state index in [0.29, 0.717) is 34.8 Å². The zero-order valence-electron chi connectivity index (χ0n) is 25.6. The number of aromatic nitrogens is 4. The fraction of sp³-hybridized carbons (Fsp3) is 0.441. The molecule has 0 aliphatic heterocycles. The number of anilines is 1. The lowest BCUT2D eigenvalue weighted by Crippen LogP contribution is -2.50. The molecule has 0 spiro atoms. The molecule has 0 N–H and O–H groups in total. The minimum atomic E-state index is -0.165. The summed E-state index contributed by atoms with van der Waals surface area (Å²) in [5.41, 5.74) is 2.69. The Labute approximate surface area is 268 Å². The van der Waals surface area contributed by atoms with E-state index in [1.54, 1.807) is 30.6 Å². The third-order valence-electron chi connectivity index (χ3n) is 9.19. The van der Waals surface area contributed by atoms with Gasteiger partial charge in [-0.25, -0.2) is 9.97 Å². The Balaban J connectivity index is 1.30. The Morgan fingerprint density at radius 2 is 1.61 bits per heavy atom. The molecule has 1 amide bonds. The summed E-state index contributed by atoms with van der Waals surface area (Å²) in [5.74, 6) is 1.37. The van der Waals surface area contributed by atoms with E-state index in [2.05, 4.69) is 35.9 Å². The molecule has 0 saturated heterocycles. The average molecular weight is 635 g/mol. The largest absolute Gasteiger partial charge is 0.464 e. The number of fused-ring (bicyclic) bond motifs is 3. The van der Waals surface area contributed by atoms with Gasteiger partial charge in [0, 0.05) is 56.6 Å². The Kier molecular flexibility index (Phi) is 8.18. The molecule has 0 radical (unpaired) electrons. The number of nitrogens with zero attached hydrogens (tertiary/aromatic N) is 5. The van der Waals surface area contributed by atoms with Gasteiger partial charge in [0.05, 0.1) is 6.61 Å². The SMILES string of the molecule is CCOc1ncc(-c2cccc(N(CC34CCC(c5nc(C(C)(C)C)no5)(CC3)CC4)C(=O)c3cc(Cl)cc(Cl)c3)c2)cn1. The molecule has 3 aliphatic rings. The highest BCUT2D eigenvalue weighted by Gasteiger charge is 2.53. The number of rotatable bonds is 8. The summed E-state index contributed by atoms with van der Waals surface area (Å²) in [4.78, 5) is 29.7. The van der Waals surface area contributed by atoms with Crippen LogP contribution in [-0.4, -0.2) is 39.2 Å². The van der Waals surface area contributed by atoms with Crippen LogP contribution in [0.5, 0.6) is 6.01 Å². The van der Waals surface area contributed by atoms with E-state index in [9.17, 15) is 4.79 Å². The summed E-state index contributed by atoms with van der Waals surface area (Å²) in [7, 11) is 0. The predicted molar refractivity (Wildman–Crippen MR) is 172 cm³/mol. The number of ether oxygens (including phenoxy) is 1. The second kappa shape index (κ2) is 11.8. The Morgan fingerprint density at radius 3 is 2.20 bits per heavy atom. The molecule has 230 valence electrons. The Bertz CT molecular complexity index is 1620. The number of carbonyl (C=O) groups excluding carboxylic acids is 1. The molecular formula is C34H37Cl2N5O3. The van der Waals surface area contributed by atoms with E-state index < -0.39 is 0 Å². The maximum atomic E-state index is 14.3. The summed E-state index contributed by atoms with van der Waals surface area (Å²) in [5, 5.41) is 5.17. The first-order valence-corrected chi connectivity index (χ1v) is 15.9. The first kappa shape index (κ1) is 30.5. The quantitative estimate of drug-likeness (QED) is 0.192. The summed E-state index contributed by atoms with van der Waals surface area (Å²) in [6.45, 7) is 9.26. The normalized spacial score (nSPS) is 21.3. The van der Waals surface area contributed by atoms with Crippen LogP contribution in [0.2, 0.25) is 10.0 Å². The molecule has 44 heavy (non-hydrogen) atoms. The van der Waals surface area contributed by atoms with E-state index in [4.69, 9.17) is 37.4 Å². The molecule has 3 saturated carbocycles. The Morgan fingerprint density at radius 1 is 0.955 bits per heavy atom. The first-order chi connectivity index (χ1) is 21.0. The smallest absolute Gasteiger partial charge is 0.316 e. The highest BCUT2D eigenvalue weighted by Crippen LogP contribution is 2.58. The fourth-order valence-corrected chi connectivity index (χ4v) is 7.06. The number of carbonyl (C=O) groups is 1. The lowest BCUT2D eigenvalue weighted by atomic mass is 9.53. The van der Waals surface area contributed by atoms with Gasteiger partial charge < -0.3 is 14.2 Å². The van der Waals surface area contributed by atoms with Crippen LogP contribution in [0.3, 0.4) is 0 Å². The second-order valence-electron chi connectivity index (χ2n) is 13.2. The van der Waals surface area contributed by atoms with Crippen molar-refractivity contribution in [2.24, 2.45) is 5.41 Å². The van der Waals surface area contributed by atoms with Gasteiger partial charge in [-0.05, 0) is 86.8 Å². The van der Waals surface area contributed by atoms with Crippen molar-refractivity contribution < 1.29 is 14.1 Å². The van der Waals surface area contributed by atoms with E-state index >= 15 is 0 Å². The minimum absolute atomic E-state index is 0.0368. The van der Waals surface area contributed by atoms with Crippen molar-refractivity contribution in [3.63, 3.8) is 0 Å². The molecule has 4 aromatic rings. The van der Waals surface area contributed by atoms with Crippen LogP contribution in [0.25, 0.3) is 11.1 Å². The molecule has 8 nitrogen and oxygen atoms in total. The van der Waals surface area contributed by atoms with Gasteiger partial charge in [-0.2, -0.15) is 4.98 Å². The number of amides is 1. The topological polar surface area (TPSA) is 94.2 Å². The maximum absolute atomic E-state index is 14.3. The Hall–Kier alpha value is -3.49. The van der Waals surface area contributed by atoms with Crippen molar-refractivity contribution in [3.05, 3.63) is 82.2 Å². The standard InChI is InChI=1S/C34H37Cl2N5O3/c1-5-43-31-37-19-24(20-38-31)22-7-6-8-27(17-22)41(28(42)23-15-25(35)18-26(36)16-23)21-33-9-12-34(13-10-33,14-11-33)30-39-29(40-44-30)32(2,3)4/h6-8,15-20H,5,9-14,21H2,1-4H3. The minimum Gasteiger partial charge on any atom is -0.464 e. The molecule has 2 aromatic heterocycles. The van der Waals surface area contributed by atoms with Gasteiger partial charge >= 0.3 is 6.01 Å². The maximum Gasteiger partial charge on any atom is 0.316 e. The molecule has 0 unspecified atom stereocenters.